The number of rotatable bonds is 3. The molecule has 1 heterocycles. The molecule has 1 fully saturated rings. The maximum absolute atomic E-state index is 5.54. The van der Waals surface area contributed by atoms with E-state index in [0.717, 1.165) is 26.2 Å². The van der Waals surface area contributed by atoms with Crippen molar-refractivity contribution < 1.29 is 4.74 Å². The van der Waals surface area contributed by atoms with Gasteiger partial charge in [0.25, 0.3) is 0 Å². The Morgan fingerprint density at radius 2 is 2.33 bits per heavy atom. The van der Waals surface area contributed by atoms with Gasteiger partial charge in [-0.1, -0.05) is 0 Å². The van der Waals surface area contributed by atoms with Crippen LogP contribution in [0.25, 0.3) is 0 Å². The van der Waals surface area contributed by atoms with Crippen LogP contribution in [0.15, 0.2) is 0 Å². The molecule has 0 aromatic heterocycles. The maximum atomic E-state index is 5.54. The summed E-state index contributed by atoms with van der Waals surface area (Å²) in [5, 5.41) is 3.44. The van der Waals surface area contributed by atoms with Crippen LogP contribution in [0.4, 0.5) is 0 Å². The van der Waals surface area contributed by atoms with Crippen LogP contribution in [-0.2, 0) is 4.74 Å². The minimum atomic E-state index is 0.346. The molecule has 1 N–H and O–H groups in total. The molecule has 0 aromatic rings. The fourth-order valence-corrected chi connectivity index (χ4v) is 1.41. The second-order valence-corrected chi connectivity index (χ2v) is 3.80. The highest BCUT2D eigenvalue weighted by molar-refractivity contribution is 4.76. The summed E-state index contributed by atoms with van der Waals surface area (Å²) in [7, 11) is 2.16. The zero-order valence-corrected chi connectivity index (χ0v) is 8.34. The lowest BCUT2D eigenvalue weighted by Crippen LogP contribution is -2.51. The topological polar surface area (TPSA) is 24.5 Å². The molecule has 0 aromatic carbocycles. The second kappa shape index (κ2) is 4.80. The molecular formula is C9H20N2O. The van der Waals surface area contributed by atoms with Crippen LogP contribution in [0.2, 0.25) is 0 Å². The summed E-state index contributed by atoms with van der Waals surface area (Å²) in [6, 6.07) is 0.520. The molecule has 1 saturated heterocycles. The largest absolute Gasteiger partial charge is 0.377 e. The first-order chi connectivity index (χ1) is 5.68. The van der Waals surface area contributed by atoms with Gasteiger partial charge in [0, 0.05) is 25.7 Å². The average Bonchev–Trinajstić information content (AvgIpc) is 2.01. The lowest BCUT2D eigenvalue weighted by atomic mass is 10.2. The first-order valence-corrected chi connectivity index (χ1v) is 4.72. The third-order valence-corrected chi connectivity index (χ3v) is 2.09. The Morgan fingerprint density at radius 3 is 2.92 bits per heavy atom. The number of ether oxygens (including phenoxy) is 1. The zero-order chi connectivity index (χ0) is 8.97. The predicted molar refractivity (Wildman–Crippen MR) is 50.4 cm³/mol. The van der Waals surface area contributed by atoms with Crippen molar-refractivity contribution in [2.24, 2.45) is 0 Å². The van der Waals surface area contributed by atoms with E-state index in [9.17, 15) is 0 Å². The van der Waals surface area contributed by atoms with Crippen LogP contribution in [0.1, 0.15) is 13.8 Å². The number of likely N-dealkylation sites (N-methyl/N-ethyl adjacent to an activating group) is 1. The van der Waals surface area contributed by atoms with Gasteiger partial charge in [-0.15, -0.1) is 0 Å². The van der Waals surface area contributed by atoms with Crippen molar-refractivity contribution in [3.8, 4) is 0 Å². The van der Waals surface area contributed by atoms with E-state index >= 15 is 0 Å². The standard InChI is InChI=1S/C9H20N2O/c1-8(2)12-7-9-6-11(3)5-4-10-9/h8-10H,4-7H2,1-3H3/t9-/m0/s1. The Bertz CT molecular complexity index is 128. The fraction of sp³-hybridized carbons (Fsp3) is 1.00. The molecule has 0 saturated carbocycles. The Morgan fingerprint density at radius 1 is 1.58 bits per heavy atom. The number of hydrogen-bond acceptors (Lipinski definition) is 3. The molecular weight excluding hydrogens is 152 g/mol. The van der Waals surface area contributed by atoms with Gasteiger partial charge in [-0.25, -0.2) is 0 Å². The summed E-state index contributed by atoms with van der Waals surface area (Å²) in [6.07, 6.45) is 0.346. The molecule has 0 amide bonds. The first kappa shape index (κ1) is 9.96. The smallest absolute Gasteiger partial charge is 0.0635 e. The fourth-order valence-electron chi connectivity index (χ4n) is 1.41. The Labute approximate surface area is 75.1 Å². The number of hydrogen-bond donors (Lipinski definition) is 1. The van der Waals surface area contributed by atoms with Crippen LogP contribution in [0, 0.1) is 0 Å². The lowest BCUT2D eigenvalue weighted by molar-refractivity contribution is 0.0468. The highest BCUT2D eigenvalue weighted by Gasteiger charge is 2.16. The normalized spacial score (nSPS) is 26.5. The monoisotopic (exact) mass is 172 g/mol. The van der Waals surface area contributed by atoms with Gasteiger partial charge in [0.05, 0.1) is 12.7 Å². The number of nitrogens with one attached hydrogen (secondary N) is 1. The van der Waals surface area contributed by atoms with E-state index in [2.05, 4.69) is 31.1 Å². The van der Waals surface area contributed by atoms with Gasteiger partial charge >= 0.3 is 0 Å². The van der Waals surface area contributed by atoms with Gasteiger partial charge in [0.1, 0.15) is 0 Å². The summed E-state index contributed by atoms with van der Waals surface area (Å²) >= 11 is 0. The SMILES string of the molecule is CC(C)OC[C@@H]1CN(C)CCN1. The molecule has 0 spiro atoms. The summed E-state index contributed by atoms with van der Waals surface area (Å²) in [5.41, 5.74) is 0. The summed E-state index contributed by atoms with van der Waals surface area (Å²) < 4.78 is 5.54. The van der Waals surface area contributed by atoms with Crippen LogP contribution in [0.3, 0.4) is 0 Å². The third kappa shape index (κ3) is 3.52. The minimum absolute atomic E-state index is 0.346. The van der Waals surface area contributed by atoms with Gasteiger partial charge < -0.3 is 15.0 Å². The van der Waals surface area contributed by atoms with Gasteiger partial charge in [-0.05, 0) is 20.9 Å². The van der Waals surface area contributed by atoms with Gasteiger partial charge in [-0.2, -0.15) is 0 Å². The van der Waals surface area contributed by atoms with E-state index < -0.39 is 0 Å². The van der Waals surface area contributed by atoms with Crippen LogP contribution in [0.5, 0.6) is 0 Å². The lowest BCUT2D eigenvalue weighted by Gasteiger charge is -2.31. The van der Waals surface area contributed by atoms with Crippen LogP contribution >= 0.6 is 0 Å². The third-order valence-electron chi connectivity index (χ3n) is 2.09. The van der Waals surface area contributed by atoms with Crippen molar-refractivity contribution in [3.05, 3.63) is 0 Å². The molecule has 0 aliphatic carbocycles. The van der Waals surface area contributed by atoms with Crippen molar-refractivity contribution in [3.63, 3.8) is 0 Å². The van der Waals surface area contributed by atoms with E-state index in [4.69, 9.17) is 4.74 Å². The zero-order valence-electron chi connectivity index (χ0n) is 8.34. The molecule has 1 aliphatic rings. The quantitative estimate of drug-likeness (QED) is 0.663. The molecule has 1 rings (SSSR count). The average molecular weight is 172 g/mol. The molecule has 72 valence electrons. The van der Waals surface area contributed by atoms with E-state index in [-0.39, 0.29) is 0 Å². The Hall–Kier alpha value is -0.120. The highest BCUT2D eigenvalue weighted by atomic mass is 16.5. The molecule has 1 aliphatic heterocycles. The number of nitrogens with zero attached hydrogens (tertiary/aromatic N) is 1. The van der Waals surface area contributed by atoms with E-state index in [1.807, 2.05) is 0 Å². The minimum Gasteiger partial charge on any atom is -0.377 e. The molecule has 0 radical (unpaired) electrons. The van der Waals surface area contributed by atoms with Crippen molar-refractivity contribution in [2.75, 3.05) is 33.3 Å². The molecule has 3 nitrogen and oxygen atoms in total. The van der Waals surface area contributed by atoms with Gasteiger partial charge in [0.2, 0.25) is 0 Å². The molecule has 0 unspecified atom stereocenters. The van der Waals surface area contributed by atoms with Gasteiger partial charge in [0.15, 0.2) is 0 Å². The molecule has 3 heteroatoms. The molecule has 1 atom stereocenters. The summed E-state index contributed by atoms with van der Waals surface area (Å²) in [5.74, 6) is 0. The second-order valence-electron chi connectivity index (χ2n) is 3.80. The van der Waals surface area contributed by atoms with Gasteiger partial charge in [-0.3, -0.25) is 0 Å². The maximum Gasteiger partial charge on any atom is 0.0635 e. The van der Waals surface area contributed by atoms with E-state index in [1.54, 1.807) is 0 Å². The van der Waals surface area contributed by atoms with Crippen molar-refractivity contribution >= 4 is 0 Å². The van der Waals surface area contributed by atoms with E-state index in [0.29, 0.717) is 12.1 Å². The summed E-state index contributed by atoms with van der Waals surface area (Å²) in [4.78, 5) is 2.34. The van der Waals surface area contributed by atoms with Crippen molar-refractivity contribution in [1.29, 1.82) is 0 Å². The first-order valence-electron chi connectivity index (χ1n) is 4.72. The predicted octanol–water partition coefficient (Wildman–Crippen LogP) is 0.315. The summed E-state index contributed by atoms with van der Waals surface area (Å²) in [6.45, 7) is 8.33. The Balaban J connectivity index is 2.14. The van der Waals surface area contributed by atoms with Crippen LogP contribution in [-0.4, -0.2) is 50.3 Å². The van der Waals surface area contributed by atoms with E-state index in [1.165, 1.54) is 0 Å². The van der Waals surface area contributed by atoms with Crippen molar-refractivity contribution in [2.45, 2.75) is 26.0 Å². The number of piperazine rings is 1. The Kier molecular flexibility index (Phi) is 3.98. The molecule has 12 heavy (non-hydrogen) atoms. The van der Waals surface area contributed by atoms with Crippen LogP contribution < -0.4 is 5.32 Å². The highest BCUT2D eigenvalue weighted by Crippen LogP contribution is 1.98. The molecule has 0 bridgehead atoms. The van der Waals surface area contributed by atoms with Crippen molar-refractivity contribution in [1.82, 2.24) is 10.2 Å².